The van der Waals surface area contributed by atoms with E-state index in [0.717, 1.165) is 92.5 Å². The maximum atomic E-state index is 15.1. The van der Waals surface area contributed by atoms with E-state index >= 15 is 4.79 Å². The second-order valence-corrected chi connectivity index (χ2v) is 30.4. The molecule has 1 aliphatic carbocycles. The van der Waals surface area contributed by atoms with Crippen LogP contribution in [0.15, 0.2) is 106 Å². The lowest BCUT2D eigenvalue weighted by Crippen LogP contribution is -2.50. The molecule has 0 saturated carbocycles. The van der Waals surface area contributed by atoms with Gasteiger partial charge in [-0.05, 0) is 87.5 Å². The molecule has 12 N–H and O–H groups in total. The number of rotatable bonds is 37. The van der Waals surface area contributed by atoms with Crippen LogP contribution in [0.25, 0.3) is 0 Å². The van der Waals surface area contributed by atoms with Gasteiger partial charge < -0.3 is 72.0 Å². The largest absolute Gasteiger partial charge is 0.511 e. The quantitative estimate of drug-likeness (QED) is 0.0380. The smallest absolute Gasteiger partial charge is 0.317 e. The van der Waals surface area contributed by atoms with Crippen molar-refractivity contribution in [2.75, 3.05) is 203 Å². The van der Waals surface area contributed by atoms with E-state index in [1.54, 1.807) is 39.2 Å². The zero-order chi connectivity index (χ0) is 83.6. The number of nitrogens with zero attached hydrogens (tertiary/aromatic N) is 12. The number of hydrogen-bond donors (Lipinski definition) is 12. The normalized spacial score (nSPS) is 20.7. The van der Waals surface area contributed by atoms with E-state index < -0.39 is 84.4 Å². The number of ether oxygens (including phenoxy) is 1. The van der Waals surface area contributed by atoms with Crippen molar-refractivity contribution in [3.63, 3.8) is 0 Å². The molecule has 2 unspecified atom stereocenters. The lowest BCUT2D eigenvalue weighted by molar-refractivity contribution is -0.140. The van der Waals surface area contributed by atoms with E-state index in [9.17, 15) is 83.7 Å². The van der Waals surface area contributed by atoms with Gasteiger partial charge in [-0.25, -0.2) is 15.0 Å². The van der Waals surface area contributed by atoms with Gasteiger partial charge in [-0.3, -0.25) is 91.9 Å². The average molecular weight is 1610 g/mol. The fraction of sp³-hybridized carbons (Fsp3) is 0.620. The Labute approximate surface area is 670 Å². The highest BCUT2D eigenvalue weighted by Crippen LogP contribution is 2.47. The van der Waals surface area contributed by atoms with Crippen LogP contribution in [0, 0.1) is 11.8 Å². The molecule has 8 aliphatic rings. The van der Waals surface area contributed by atoms with Crippen molar-refractivity contribution >= 4 is 82.5 Å². The predicted octanol–water partition coefficient (Wildman–Crippen LogP) is 0.668. The molecule has 3 atom stereocenters. The molecule has 0 aromatic rings. The maximum Gasteiger partial charge on any atom is 0.317 e. The number of unbranched alkanes of at least 4 members (excludes halogenated alkanes) is 3. The SMILES string of the molecule is CCCCCCOC(C)C1=C(C)C2=NC1=CC1=NC(=CC3=C(C)C4=C(O)CC(=C5NC(=C2)C(C)[C@@H]5CCC(=O)N(CC(=O)NCCNC(=O)CN2CCN(CC(=O)O)CCN(CC(=O)O)CCN(CC(=O)O)CC2)CC(=O)NCCNC(=O)CN2CCN(CC(=O)O)CCN(CC(=O)O)CCN(CC(=O)O)CC2)C4=N3)C(CC)=C1C. The molecule has 8 bridgehead atoms. The minimum atomic E-state index is -1.10. The number of carbonyl (C=O) groups excluding carboxylic acids is 5. The summed E-state index contributed by atoms with van der Waals surface area (Å²) in [7, 11) is 0. The summed E-state index contributed by atoms with van der Waals surface area (Å²) in [6, 6.07) is 0. The molecular weight excluding hydrogens is 1490 g/mol. The molecule has 7 aliphatic heterocycles. The highest BCUT2D eigenvalue weighted by molar-refractivity contribution is 6.21. The van der Waals surface area contributed by atoms with Crippen LogP contribution in [0.5, 0.6) is 0 Å². The molecule has 0 aromatic carbocycles. The number of amides is 5. The Morgan fingerprint density at radius 1 is 0.513 bits per heavy atom. The van der Waals surface area contributed by atoms with Crippen LogP contribution >= 0.6 is 0 Å². The number of aliphatic hydroxyl groups is 1. The molecule has 36 heteroatoms. The summed E-state index contributed by atoms with van der Waals surface area (Å²) in [6.45, 7) is 13.9. The van der Waals surface area contributed by atoms with Crippen molar-refractivity contribution < 1.29 is 93.2 Å². The van der Waals surface area contributed by atoms with E-state index in [4.69, 9.17) is 19.7 Å². The number of hydrogen-bond acceptors (Lipinski definition) is 25. The Hall–Kier alpha value is -9.66. The van der Waals surface area contributed by atoms with Gasteiger partial charge in [0, 0.05) is 190 Å². The van der Waals surface area contributed by atoms with Crippen molar-refractivity contribution in [1.82, 2.24) is 70.7 Å². The zero-order valence-electron chi connectivity index (χ0n) is 67.4. The monoisotopic (exact) mass is 1610 g/mol. The van der Waals surface area contributed by atoms with E-state index in [1.165, 1.54) is 0 Å². The molecule has 36 nitrogen and oxygen atoms in total. The summed E-state index contributed by atoms with van der Waals surface area (Å²) in [5.74, 6) is -10.0. The summed E-state index contributed by atoms with van der Waals surface area (Å²) in [5.41, 5.74) is 11.8. The van der Waals surface area contributed by atoms with Crippen molar-refractivity contribution in [2.24, 2.45) is 26.8 Å². The van der Waals surface area contributed by atoms with Crippen LogP contribution in [0.4, 0.5) is 0 Å². The van der Waals surface area contributed by atoms with Crippen LogP contribution in [-0.2, 0) is 57.5 Å². The highest BCUT2D eigenvalue weighted by atomic mass is 16.5. The van der Waals surface area contributed by atoms with Crippen LogP contribution in [0.1, 0.15) is 99.8 Å². The van der Waals surface area contributed by atoms with Gasteiger partial charge in [-0.1, -0.05) is 40.0 Å². The van der Waals surface area contributed by atoms with Gasteiger partial charge in [0.05, 0.1) is 92.7 Å². The summed E-state index contributed by atoms with van der Waals surface area (Å²) in [6.07, 6.45) is 10.7. The van der Waals surface area contributed by atoms with Crippen molar-refractivity contribution in [3.8, 4) is 0 Å². The average Bonchev–Trinajstić information content (AvgIpc) is 1.58. The van der Waals surface area contributed by atoms with Crippen LogP contribution in [0.2, 0.25) is 0 Å². The molecule has 632 valence electrons. The summed E-state index contributed by atoms with van der Waals surface area (Å²) < 4.78 is 6.56. The Balaban J connectivity index is 0.999. The standard InChI is InChI=1S/C79H117N17O19/c1-8-10-11-12-35-115-54(7)76-52(5)60-37-59-51(4)56(78(86-59)57-36-64(97)77-53(6)61(87-79(57)77)38-62-55(9-2)50(3)58(84-62)39-63(76)85-60)13-14-69(102)96(42-67(100)82-17-15-80-65(98)40-88-19-23-90(44-70(103)104)27-31-94(48-74(111)112)32-28-91(24-20-88)45-71(105)106)43-68(101)83-18-16-81-66(99)41-89-21-25-92(46-72(107)108)29-33-95(49-75(113)114)34-30-93(26-22-89)47-73(109)110/h37-39,51,54,56,86,97H,8-36,40-49H2,1-7H3,(H,80,98)(H,81,99)(H,82,100)(H,83,101)(H,103,104)(H,105,106)(H,107,108)(H,109,110)(H,111,112)(H,113,114)/t51?,54?,56-/m0/s1. The van der Waals surface area contributed by atoms with Gasteiger partial charge in [-0.2, -0.15) is 0 Å². The Morgan fingerprint density at radius 3 is 1.32 bits per heavy atom. The third kappa shape index (κ3) is 27.8. The summed E-state index contributed by atoms with van der Waals surface area (Å²) in [4.78, 5) is 172. The minimum Gasteiger partial charge on any atom is -0.511 e. The predicted molar refractivity (Wildman–Crippen MR) is 427 cm³/mol. The van der Waals surface area contributed by atoms with Gasteiger partial charge >= 0.3 is 35.8 Å². The van der Waals surface area contributed by atoms with Gasteiger partial charge in [0.15, 0.2) is 0 Å². The van der Waals surface area contributed by atoms with E-state index in [-0.39, 0.29) is 220 Å². The lowest BCUT2D eigenvalue weighted by Gasteiger charge is -2.32. The number of allylic oxidation sites excluding steroid dienone is 11. The molecule has 3 saturated heterocycles. The van der Waals surface area contributed by atoms with Gasteiger partial charge in [0.25, 0.3) is 0 Å². The number of nitrogens with one attached hydrogen (secondary N) is 5. The summed E-state index contributed by atoms with van der Waals surface area (Å²) >= 11 is 0. The molecule has 7 heterocycles. The minimum absolute atomic E-state index is 0.0868. The highest BCUT2D eigenvalue weighted by Gasteiger charge is 2.42. The van der Waals surface area contributed by atoms with Crippen LogP contribution in [-0.4, -0.2) is 371 Å². The third-order valence-corrected chi connectivity index (χ3v) is 21.8. The molecule has 0 aromatic heterocycles. The molecule has 3 fully saturated rings. The van der Waals surface area contributed by atoms with Crippen molar-refractivity contribution in [2.45, 2.75) is 106 Å². The van der Waals surface area contributed by atoms with Crippen molar-refractivity contribution in [1.29, 1.82) is 0 Å². The first-order valence-corrected chi connectivity index (χ1v) is 39.9. The molecule has 8 rings (SSSR count). The van der Waals surface area contributed by atoms with Crippen LogP contribution < -0.4 is 26.6 Å². The number of fused-ring (bicyclic) bond motifs is 5. The first-order chi connectivity index (χ1) is 54.9. The maximum absolute atomic E-state index is 15.1. The third-order valence-electron chi connectivity index (χ3n) is 21.8. The molecule has 0 spiro atoms. The van der Waals surface area contributed by atoms with Gasteiger partial charge in [0.2, 0.25) is 29.5 Å². The van der Waals surface area contributed by atoms with E-state index in [0.29, 0.717) is 35.7 Å². The topological polar surface area (TPSA) is 465 Å². The number of carbonyl (C=O) groups is 11. The Bertz CT molecular complexity index is 3820. The lowest BCUT2D eigenvalue weighted by atomic mass is 9.86. The van der Waals surface area contributed by atoms with Crippen LogP contribution in [0.3, 0.4) is 0 Å². The van der Waals surface area contributed by atoms with Crippen molar-refractivity contribution in [3.05, 3.63) is 91.5 Å². The summed E-state index contributed by atoms with van der Waals surface area (Å²) in [5, 5.41) is 84.7. The second kappa shape index (κ2) is 44.4. The van der Waals surface area contributed by atoms with Gasteiger partial charge in [0.1, 0.15) is 18.8 Å². The second-order valence-electron chi connectivity index (χ2n) is 30.4. The first kappa shape index (κ1) is 90.9. The molecule has 0 radical (unpaired) electrons. The number of carboxylic acids is 6. The molecule has 115 heavy (non-hydrogen) atoms. The Kier molecular flexibility index (Phi) is 35.1. The number of aliphatic imine (C=N–C) groups is 3. The van der Waals surface area contributed by atoms with Gasteiger partial charge in [-0.15, -0.1) is 0 Å². The van der Waals surface area contributed by atoms with E-state index in [2.05, 4.69) is 47.4 Å². The number of aliphatic carboxylic acids is 6. The molecular formula is C79H117N17O19. The molecule has 5 amide bonds. The fourth-order valence-corrected chi connectivity index (χ4v) is 15.5. The fourth-order valence-electron chi connectivity index (χ4n) is 15.5. The zero-order valence-corrected chi connectivity index (χ0v) is 67.4. The first-order valence-electron chi connectivity index (χ1n) is 39.9. The Morgan fingerprint density at radius 2 is 0.913 bits per heavy atom. The number of carboxylic acid groups (broad SMARTS) is 6. The number of aliphatic hydroxyl groups excluding tert-OH is 1. The van der Waals surface area contributed by atoms with E-state index in [1.807, 2.05) is 45.9 Å².